The quantitative estimate of drug-likeness (QED) is 0.620. The predicted molar refractivity (Wildman–Crippen MR) is 55.6 cm³/mol. The highest BCUT2D eigenvalue weighted by Crippen LogP contribution is 1.94. The summed E-state index contributed by atoms with van der Waals surface area (Å²) in [5, 5.41) is 2.58. The molecule has 0 aromatic heterocycles. The van der Waals surface area contributed by atoms with Crippen LogP contribution in [0, 0.1) is 0 Å². The molecule has 0 rings (SSSR count). The Morgan fingerprint density at radius 1 is 1.50 bits per heavy atom. The van der Waals surface area contributed by atoms with Crippen LogP contribution in [-0.4, -0.2) is 38.9 Å². The third-order valence-corrected chi connectivity index (χ3v) is 2.47. The van der Waals surface area contributed by atoms with Crippen molar-refractivity contribution in [2.24, 2.45) is 5.73 Å². The number of amides is 1. The Morgan fingerprint density at radius 2 is 2.07 bits per heavy atom. The van der Waals surface area contributed by atoms with Crippen molar-refractivity contribution in [2.75, 3.05) is 18.6 Å². The van der Waals surface area contributed by atoms with E-state index < -0.39 is 21.5 Å². The molecule has 0 fully saturated rings. The average molecular weight is 222 g/mol. The summed E-state index contributed by atoms with van der Waals surface area (Å²) in [7, 11) is -3.24. The van der Waals surface area contributed by atoms with E-state index in [-0.39, 0.29) is 6.04 Å². The first kappa shape index (κ1) is 13.4. The van der Waals surface area contributed by atoms with Crippen LogP contribution in [0.4, 0.5) is 0 Å². The topological polar surface area (TPSA) is 89.3 Å². The van der Waals surface area contributed by atoms with Crippen LogP contribution < -0.4 is 11.1 Å². The van der Waals surface area contributed by atoms with Gasteiger partial charge in [0.05, 0.1) is 0 Å². The molecule has 0 bridgehead atoms. The molecule has 1 unspecified atom stereocenters. The summed E-state index contributed by atoms with van der Waals surface area (Å²) in [6.07, 6.45) is 2.71. The first-order valence-electron chi connectivity index (χ1n) is 4.56. The smallest absolute Gasteiger partial charge is 0.235 e. The maximum Gasteiger partial charge on any atom is 0.235 e. The maximum absolute atomic E-state index is 11.2. The SMILES string of the molecule is CCCC(CN)NC(=O)CS(C)(=O)=O. The molecule has 5 nitrogen and oxygen atoms in total. The summed E-state index contributed by atoms with van der Waals surface area (Å²) in [6, 6.07) is -0.116. The third-order valence-electron chi connectivity index (χ3n) is 1.68. The Hall–Kier alpha value is -0.620. The minimum atomic E-state index is -3.24. The van der Waals surface area contributed by atoms with Gasteiger partial charge in [-0.05, 0) is 6.42 Å². The molecule has 1 atom stereocenters. The lowest BCUT2D eigenvalue weighted by Crippen LogP contribution is -2.42. The molecule has 0 heterocycles. The van der Waals surface area contributed by atoms with Gasteiger partial charge < -0.3 is 11.1 Å². The molecule has 0 aliphatic heterocycles. The van der Waals surface area contributed by atoms with Crippen LogP contribution in [0.1, 0.15) is 19.8 Å². The predicted octanol–water partition coefficient (Wildman–Crippen LogP) is -0.725. The van der Waals surface area contributed by atoms with Crippen molar-refractivity contribution in [3.05, 3.63) is 0 Å². The Labute approximate surface area is 85.0 Å². The molecule has 6 heteroatoms. The zero-order valence-electron chi connectivity index (χ0n) is 8.62. The van der Waals surface area contributed by atoms with Crippen molar-refractivity contribution in [3.8, 4) is 0 Å². The van der Waals surface area contributed by atoms with E-state index in [1.54, 1.807) is 0 Å². The monoisotopic (exact) mass is 222 g/mol. The summed E-state index contributed by atoms with van der Waals surface area (Å²) < 4.78 is 21.6. The van der Waals surface area contributed by atoms with Crippen LogP contribution in [0.3, 0.4) is 0 Å². The molecule has 0 radical (unpaired) electrons. The first-order chi connectivity index (χ1) is 6.39. The van der Waals surface area contributed by atoms with E-state index in [0.717, 1.165) is 19.1 Å². The number of hydrogen-bond acceptors (Lipinski definition) is 4. The lowest BCUT2D eigenvalue weighted by molar-refractivity contribution is -0.119. The molecule has 3 N–H and O–H groups in total. The minimum Gasteiger partial charge on any atom is -0.351 e. The highest BCUT2D eigenvalue weighted by molar-refractivity contribution is 7.91. The van der Waals surface area contributed by atoms with Gasteiger partial charge in [-0.3, -0.25) is 4.79 Å². The van der Waals surface area contributed by atoms with E-state index in [1.807, 2.05) is 6.92 Å². The highest BCUT2D eigenvalue weighted by Gasteiger charge is 2.14. The van der Waals surface area contributed by atoms with Crippen LogP contribution in [-0.2, 0) is 14.6 Å². The zero-order valence-corrected chi connectivity index (χ0v) is 9.43. The number of sulfone groups is 1. The average Bonchev–Trinajstić information content (AvgIpc) is 2.00. The van der Waals surface area contributed by atoms with Crippen molar-refractivity contribution >= 4 is 15.7 Å². The molecule has 0 aliphatic carbocycles. The van der Waals surface area contributed by atoms with Crippen molar-refractivity contribution in [2.45, 2.75) is 25.8 Å². The zero-order chi connectivity index (χ0) is 11.2. The van der Waals surface area contributed by atoms with E-state index in [9.17, 15) is 13.2 Å². The number of nitrogens with two attached hydrogens (primary N) is 1. The van der Waals surface area contributed by atoms with Crippen LogP contribution in [0.5, 0.6) is 0 Å². The third kappa shape index (κ3) is 6.85. The van der Waals surface area contributed by atoms with Crippen LogP contribution in [0.15, 0.2) is 0 Å². The molecule has 0 saturated heterocycles. The van der Waals surface area contributed by atoms with E-state index in [2.05, 4.69) is 5.32 Å². The van der Waals surface area contributed by atoms with E-state index >= 15 is 0 Å². The van der Waals surface area contributed by atoms with Gasteiger partial charge in [0.25, 0.3) is 0 Å². The second kappa shape index (κ2) is 5.98. The molecule has 0 aromatic carbocycles. The summed E-state index contributed by atoms with van der Waals surface area (Å²) in [5.41, 5.74) is 5.41. The molecule has 0 aromatic rings. The lowest BCUT2D eigenvalue weighted by atomic mass is 10.2. The van der Waals surface area contributed by atoms with E-state index in [0.29, 0.717) is 6.54 Å². The fourth-order valence-electron chi connectivity index (χ4n) is 1.10. The van der Waals surface area contributed by atoms with E-state index in [1.165, 1.54) is 0 Å². The molecule has 0 spiro atoms. The molecular formula is C8H18N2O3S. The van der Waals surface area contributed by atoms with Gasteiger partial charge in [-0.1, -0.05) is 13.3 Å². The molecule has 84 valence electrons. The van der Waals surface area contributed by atoms with Gasteiger partial charge in [-0.25, -0.2) is 8.42 Å². The Bertz CT molecular complexity index is 274. The van der Waals surface area contributed by atoms with Gasteiger partial charge in [0.1, 0.15) is 5.75 Å². The summed E-state index contributed by atoms with van der Waals surface area (Å²) >= 11 is 0. The number of rotatable bonds is 6. The lowest BCUT2D eigenvalue weighted by Gasteiger charge is -2.15. The molecule has 1 amide bonds. The normalized spacial score (nSPS) is 13.6. The number of carbonyl (C=O) groups is 1. The summed E-state index contributed by atoms with van der Waals surface area (Å²) in [6.45, 7) is 2.31. The molecule has 14 heavy (non-hydrogen) atoms. The van der Waals surface area contributed by atoms with Gasteiger partial charge in [-0.15, -0.1) is 0 Å². The van der Waals surface area contributed by atoms with Gasteiger partial charge in [-0.2, -0.15) is 0 Å². The fourth-order valence-corrected chi connectivity index (χ4v) is 1.66. The second-order valence-corrected chi connectivity index (χ2v) is 5.50. The Kier molecular flexibility index (Phi) is 5.71. The van der Waals surface area contributed by atoms with Gasteiger partial charge in [0.15, 0.2) is 9.84 Å². The summed E-state index contributed by atoms with van der Waals surface area (Å²) in [5.74, 6) is -0.941. The number of nitrogens with one attached hydrogen (secondary N) is 1. The maximum atomic E-state index is 11.2. The second-order valence-electron chi connectivity index (χ2n) is 3.36. The van der Waals surface area contributed by atoms with Crippen molar-refractivity contribution in [3.63, 3.8) is 0 Å². The van der Waals surface area contributed by atoms with Gasteiger partial charge in [0.2, 0.25) is 5.91 Å². The van der Waals surface area contributed by atoms with E-state index in [4.69, 9.17) is 5.73 Å². The molecule has 0 saturated carbocycles. The largest absolute Gasteiger partial charge is 0.351 e. The van der Waals surface area contributed by atoms with Crippen molar-refractivity contribution in [1.82, 2.24) is 5.32 Å². The van der Waals surface area contributed by atoms with Gasteiger partial charge in [0, 0.05) is 18.8 Å². The van der Waals surface area contributed by atoms with Crippen molar-refractivity contribution in [1.29, 1.82) is 0 Å². The Balaban J connectivity index is 4.03. The number of hydrogen-bond donors (Lipinski definition) is 2. The highest BCUT2D eigenvalue weighted by atomic mass is 32.2. The van der Waals surface area contributed by atoms with Crippen molar-refractivity contribution < 1.29 is 13.2 Å². The molecule has 0 aliphatic rings. The first-order valence-corrected chi connectivity index (χ1v) is 6.62. The standard InChI is InChI=1S/C8H18N2O3S/c1-3-4-7(5-9)10-8(11)6-14(2,12)13/h7H,3-6,9H2,1-2H3,(H,10,11). The van der Waals surface area contributed by atoms with Crippen LogP contribution >= 0.6 is 0 Å². The molecular weight excluding hydrogens is 204 g/mol. The van der Waals surface area contributed by atoms with Crippen LogP contribution in [0.2, 0.25) is 0 Å². The minimum absolute atomic E-state index is 0.116. The van der Waals surface area contributed by atoms with Gasteiger partial charge >= 0.3 is 0 Å². The fraction of sp³-hybridized carbons (Fsp3) is 0.875. The number of carbonyl (C=O) groups excluding carboxylic acids is 1. The Morgan fingerprint density at radius 3 is 2.43 bits per heavy atom. The summed E-state index contributed by atoms with van der Waals surface area (Å²) in [4.78, 5) is 11.2. The van der Waals surface area contributed by atoms with Crippen LogP contribution in [0.25, 0.3) is 0 Å².